The summed E-state index contributed by atoms with van der Waals surface area (Å²) in [6.07, 6.45) is 5.59. The van der Waals surface area contributed by atoms with E-state index in [0.717, 1.165) is 6.42 Å². The van der Waals surface area contributed by atoms with Crippen molar-refractivity contribution in [1.29, 1.82) is 0 Å². The molecule has 0 heterocycles. The summed E-state index contributed by atoms with van der Waals surface area (Å²) in [6.45, 7) is 3.97. The van der Waals surface area contributed by atoms with Crippen LogP contribution < -0.4 is 0 Å². The van der Waals surface area contributed by atoms with Gasteiger partial charge in [-0.2, -0.15) is 0 Å². The van der Waals surface area contributed by atoms with Crippen molar-refractivity contribution in [2.75, 3.05) is 0 Å². The molecule has 10 heavy (non-hydrogen) atoms. The van der Waals surface area contributed by atoms with Crippen LogP contribution in [0.25, 0.3) is 0 Å². The minimum Gasteiger partial charge on any atom is -0.289 e. The van der Waals surface area contributed by atoms with E-state index in [2.05, 4.69) is 11.8 Å². The molecule has 0 saturated carbocycles. The maximum Gasteiger partial charge on any atom is 0.192 e. The third-order valence-corrected chi connectivity index (χ3v) is 1.11. The predicted molar refractivity (Wildman–Crippen MR) is 42.4 cm³/mol. The first-order valence-corrected chi connectivity index (χ1v) is 3.37. The summed E-state index contributed by atoms with van der Waals surface area (Å²) in [7, 11) is 0. The second-order valence-electron chi connectivity index (χ2n) is 2.11. The molecule has 0 radical (unpaired) electrons. The van der Waals surface area contributed by atoms with Crippen LogP contribution in [0.15, 0.2) is 12.2 Å². The second kappa shape index (κ2) is 6.10. The molecule has 0 aliphatic rings. The number of carbonyl (C=O) groups excluding carboxylic acids is 1. The molecule has 0 saturated heterocycles. The van der Waals surface area contributed by atoms with Crippen LogP contribution in [-0.4, -0.2) is 6.29 Å². The molecule has 54 valence electrons. The number of allylic oxidation sites excluding steroid dienone is 2. The van der Waals surface area contributed by atoms with Gasteiger partial charge in [0.2, 0.25) is 0 Å². The highest BCUT2D eigenvalue weighted by atomic mass is 16.1. The van der Waals surface area contributed by atoms with Crippen LogP contribution in [0.1, 0.15) is 20.3 Å². The molecule has 0 amide bonds. The fourth-order valence-corrected chi connectivity index (χ4v) is 0.575. The monoisotopic (exact) mass is 136 g/mol. The first-order valence-electron chi connectivity index (χ1n) is 3.37. The lowest BCUT2D eigenvalue weighted by molar-refractivity contribution is -0.103. The van der Waals surface area contributed by atoms with Crippen molar-refractivity contribution in [2.24, 2.45) is 5.92 Å². The van der Waals surface area contributed by atoms with E-state index >= 15 is 0 Å². The van der Waals surface area contributed by atoms with Gasteiger partial charge in [0.05, 0.1) is 0 Å². The Morgan fingerprint density at radius 1 is 1.60 bits per heavy atom. The van der Waals surface area contributed by atoms with Gasteiger partial charge >= 0.3 is 0 Å². The Bertz CT molecular complexity index is 169. The highest BCUT2D eigenvalue weighted by Gasteiger charge is 1.89. The van der Waals surface area contributed by atoms with Gasteiger partial charge in [-0.05, 0) is 19.3 Å². The average molecular weight is 136 g/mol. The Morgan fingerprint density at radius 3 is 2.80 bits per heavy atom. The SMILES string of the molecule is C/C=C\CC(C)C#CC=O. The zero-order valence-electron chi connectivity index (χ0n) is 6.42. The molecule has 0 rings (SSSR count). The molecule has 0 N–H and O–H groups in total. The fraction of sp³-hybridized carbons (Fsp3) is 0.444. The molecule has 1 atom stereocenters. The zero-order chi connectivity index (χ0) is 7.82. The van der Waals surface area contributed by atoms with Gasteiger partial charge in [-0.3, -0.25) is 4.79 Å². The summed E-state index contributed by atoms with van der Waals surface area (Å²) in [5, 5.41) is 0. The Balaban J connectivity index is 3.62. The lowest BCUT2D eigenvalue weighted by Crippen LogP contribution is -1.86. The molecule has 1 heteroatoms. The Labute approximate surface area is 62.1 Å². The van der Waals surface area contributed by atoms with E-state index < -0.39 is 0 Å². The van der Waals surface area contributed by atoms with Crippen molar-refractivity contribution in [2.45, 2.75) is 20.3 Å². The molecule has 0 aromatic heterocycles. The normalized spacial score (nSPS) is 12.2. The summed E-state index contributed by atoms with van der Waals surface area (Å²) < 4.78 is 0. The van der Waals surface area contributed by atoms with Crippen molar-refractivity contribution < 1.29 is 4.79 Å². The molecule has 0 bridgehead atoms. The molecule has 0 fully saturated rings. The maximum atomic E-state index is 9.79. The lowest BCUT2D eigenvalue weighted by Gasteiger charge is -1.94. The highest BCUT2D eigenvalue weighted by Crippen LogP contribution is 1.99. The molecule has 0 aliphatic heterocycles. The Kier molecular flexibility index (Phi) is 5.47. The van der Waals surface area contributed by atoms with Crippen LogP contribution in [0, 0.1) is 17.8 Å². The van der Waals surface area contributed by atoms with Gasteiger partial charge in [0.1, 0.15) is 0 Å². The number of hydrogen-bond donors (Lipinski definition) is 0. The van der Waals surface area contributed by atoms with Crippen LogP contribution >= 0.6 is 0 Å². The molecule has 1 unspecified atom stereocenters. The standard InChI is InChI=1S/C9H12O/c1-3-4-6-9(2)7-5-8-10/h3-4,8-9H,6H2,1-2H3/b4-3-. The first-order chi connectivity index (χ1) is 4.81. The Morgan fingerprint density at radius 2 is 2.30 bits per heavy atom. The van der Waals surface area contributed by atoms with E-state index in [1.165, 1.54) is 0 Å². The molecular weight excluding hydrogens is 124 g/mol. The molecule has 0 aromatic rings. The van der Waals surface area contributed by atoms with Crippen molar-refractivity contribution >= 4 is 6.29 Å². The van der Waals surface area contributed by atoms with Crippen LogP contribution in [-0.2, 0) is 4.79 Å². The van der Waals surface area contributed by atoms with Crippen LogP contribution in [0.2, 0.25) is 0 Å². The van der Waals surface area contributed by atoms with Gasteiger partial charge in [0.25, 0.3) is 0 Å². The van der Waals surface area contributed by atoms with Gasteiger partial charge in [-0.15, -0.1) is 0 Å². The third kappa shape index (κ3) is 5.11. The van der Waals surface area contributed by atoms with E-state index in [1.807, 2.05) is 26.0 Å². The third-order valence-electron chi connectivity index (χ3n) is 1.11. The fourth-order valence-electron chi connectivity index (χ4n) is 0.575. The largest absolute Gasteiger partial charge is 0.289 e. The molecule has 1 nitrogen and oxygen atoms in total. The molecule has 0 aromatic carbocycles. The summed E-state index contributed by atoms with van der Waals surface area (Å²) in [4.78, 5) is 9.79. The molecular formula is C9H12O. The number of carbonyl (C=O) groups is 1. The highest BCUT2D eigenvalue weighted by molar-refractivity contribution is 5.72. The van der Waals surface area contributed by atoms with Gasteiger partial charge in [-0.1, -0.05) is 25.0 Å². The van der Waals surface area contributed by atoms with E-state index in [4.69, 9.17) is 0 Å². The predicted octanol–water partition coefficient (Wildman–Crippen LogP) is 1.79. The first kappa shape index (κ1) is 8.97. The maximum absolute atomic E-state index is 9.79. The van der Waals surface area contributed by atoms with Gasteiger partial charge in [0.15, 0.2) is 6.29 Å². The minimum atomic E-state index is 0.293. The Hall–Kier alpha value is -1.03. The van der Waals surface area contributed by atoms with Crippen LogP contribution in [0.5, 0.6) is 0 Å². The molecule has 0 spiro atoms. The van der Waals surface area contributed by atoms with E-state index in [-0.39, 0.29) is 0 Å². The summed E-state index contributed by atoms with van der Waals surface area (Å²) in [5.74, 6) is 5.48. The van der Waals surface area contributed by atoms with Crippen molar-refractivity contribution in [3.63, 3.8) is 0 Å². The van der Waals surface area contributed by atoms with Crippen LogP contribution in [0.4, 0.5) is 0 Å². The number of rotatable bonds is 2. The quantitative estimate of drug-likeness (QED) is 0.321. The lowest BCUT2D eigenvalue weighted by atomic mass is 10.1. The molecule has 0 aliphatic carbocycles. The van der Waals surface area contributed by atoms with E-state index in [1.54, 1.807) is 0 Å². The average Bonchev–Trinajstić information content (AvgIpc) is 1.97. The van der Waals surface area contributed by atoms with E-state index in [0.29, 0.717) is 12.2 Å². The minimum absolute atomic E-state index is 0.293. The summed E-state index contributed by atoms with van der Waals surface area (Å²) in [5.41, 5.74) is 0. The topological polar surface area (TPSA) is 17.1 Å². The number of aldehydes is 1. The second-order valence-corrected chi connectivity index (χ2v) is 2.11. The van der Waals surface area contributed by atoms with E-state index in [9.17, 15) is 4.79 Å². The van der Waals surface area contributed by atoms with Crippen LogP contribution in [0.3, 0.4) is 0 Å². The zero-order valence-corrected chi connectivity index (χ0v) is 6.42. The van der Waals surface area contributed by atoms with Crippen molar-refractivity contribution in [3.05, 3.63) is 12.2 Å². The van der Waals surface area contributed by atoms with Gasteiger partial charge in [0, 0.05) is 5.92 Å². The number of hydrogen-bond acceptors (Lipinski definition) is 1. The van der Waals surface area contributed by atoms with Crippen molar-refractivity contribution in [1.82, 2.24) is 0 Å². The van der Waals surface area contributed by atoms with Gasteiger partial charge < -0.3 is 0 Å². The van der Waals surface area contributed by atoms with Crippen molar-refractivity contribution in [3.8, 4) is 11.8 Å². The van der Waals surface area contributed by atoms with Gasteiger partial charge in [-0.25, -0.2) is 0 Å². The summed E-state index contributed by atoms with van der Waals surface area (Å²) in [6, 6.07) is 0. The smallest absolute Gasteiger partial charge is 0.192 e. The summed E-state index contributed by atoms with van der Waals surface area (Å²) >= 11 is 0.